The monoisotopic (exact) mass is 249 g/mol. The number of para-hydroxylation sites is 1. The molecule has 1 heterocycles. The molecule has 18 heavy (non-hydrogen) atoms. The van der Waals surface area contributed by atoms with Crippen LogP contribution in [-0.2, 0) is 0 Å². The van der Waals surface area contributed by atoms with Gasteiger partial charge in [-0.05, 0) is 30.4 Å². The predicted octanol–water partition coefficient (Wildman–Crippen LogP) is 2.80. The standard InChI is InChI=1S/C13H19N3O2/c1-13(2)7-4-8-15(9-13)11-6-3-5-10(14)12(11)16(17)18/h3,5-6H,4,7-9,14H2,1-2H3. The topological polar surface area (TPSA) is 72.4 Å². The Bertz CT molecular complexity index is 471. The van der Waals surface area contributed by atoms with Crippen LogP contribution >= 0.6 is 0 Å². The van der Waals surface area contributed by atoms with Crippen LogP contribution < -0.4 is 10.6 Å². The van der Waals surface area contributed by atoms with Gasteiger partial charge in [0.2, 0.25) is 0 Å². The minimum atomic E-state index is -0.383. The van der Waals surface area contributed by atoms with Crippen LogP contribution in [0.1, 0.15) is 26.7 Å². The van der Waals surface area contributed by atoms with Gasteiger partial charge in [0, 0.05) is 13.1 Å². The highest BCUT2D eigenvalue weighted by atomic mass is 16.6. The van der Waals surface area contributed by atoms with Crippen molar-refractivity contribution in [2.45, 2.75) is 26.7 Å². The number of benzene rings is 1. The molecule has 0 radical (unpaired) electrons. The summed E-state index contributed by atoms with van der Waals surface area (Å²) in [7, 11) is 0. The fourth-order valence-electron chi connectivity index (χ4n) is 2.63. The van der Waals surface area contributed by atoms with E-state index < -0.39 is 0 Å². The molecule has 1 fully saturated rings. The Hall–Kier alpha value is -1.78. The number of nitrogen functional groups attached to an aromatic ring is 1. The summed E-state index contributed by atoms with van der Waals surface area (Å²) >= 11 is 0. The van der Waals surface area contributed by atoms with Crippen molar-refractivity contribution in [2.24, 2.45) is 5.41 Å². The van der Waals surface area contributed by atoms with Crippen molar-refractivity contribution >= 4 is 17.1 Å². The number of nitrogens with zero attached hydrogens (tertiary/aromatic N) is 2. The Kier molecular flexibility index (Phi) is 3.15. The van der Waals surface area contributed by atoms with E-state index in [1.165, 1.54) is 0 Å². The lowest BCUT2D eigenvalue weighted by atomic mass is 9.84. The lowest BCUT2D eigenvalue weighted by Gasteiger charge is -2.39. The third kappa shape index (κ3) is 2.39. The van der Waals surface area contributed by atoms with E-state index in [-0.39, 0.29) is 21.7 Å². The van der Waals surface area contributed by atoms with Gasteiger partial charge < -0.3 is 10.6 Å². The zero-order valence-corrected chi connectivity index (χ0v) is 10.8. The largest absolute Gasteiger partial charge is 0.393 e. The van der Waals surface area contributed by atoms with Gasteiger partial charge in [-0.25, -0.2) is 0 Å². The Morgan fingerprint density at radius 1 is 1.44 bits per heavy atom. The van der Waals surface area contributed by atoms with E-state index in [1.807, 2.05) is 0 Å². The van der Waals surface area contributed by atoms with Crippen molar-refractivity contribution in [3.05, 3.63) is 28.3 Å². The summed E-state index contributed by atoms with van der Waals surface area (Å²) in [5, 5.41) is 11.1. The molecule has 1 saturated heterocycles. The molecule has 5 nitrogen and oxygen atoms in total. The highest BCUT2D eigenvalue weighted by molar-refractivity contribution is 5.75. The molecule has 1 aromatic carbocycles. The molecule has 0 atom stereocenters. The summed E-state index contributed by atoms with van der Waals surface area (Å²) in [5.74, 6) is 0. The quantitative estimate of drug-likeness (QED) is 0.497. The SMILES string of the molecule is CC1(C)CCCN(c2cccc(N)c2[N+](=O)[O-])C1. The minimum Gasteiger partial charge on any atom is -0.393 e. The fourth-order valence-corrected chi connectivity index (χ4v) is 2.63. The number of piperidine rings is 1. The van der Waals surface area contributed by atoms with Gasteiger partial charge in [0.15, 0.2) is 0 Å². The van der Waals surface area contributed by atoms with E-state index in [0.29, 0.717) is 5.69 Å². The maximum Gasteiger partial charge on any atom is 0.315 e. The Balaban J connectivity index is 2.39. The second-order valence-electron chi connectivity index (χ2n) is 5.66. The van der Waals surface area contributed by atoms with Crippen molar-refractivity contribution in [1.82, 2.24) is 0 Å². The van der Waals surface area contributed by atoms with Crippen LogP contribution in [0.3, 0.4) is 0 Å². The summed E-state index contributed by atoms with van der Waals surface area (Å²) in [5.41, 5.74) is 6.84. The van der Waals surface area contributed by atoms with Gasteiger partial charge in [-0.3, -0.25) is 10.1 Å². The third-order valence-electron chi connectivity index (χ3n) is 3.47. The summed E-state index contributed by atoms with van der Waals surface area (Å²) in [6, 6.07) is 5.14. The molecule has 0 unspecified atom stereocenters. The number of nitrogens with two attached hydrogens (primary N) is 1. The van der Waals surface area contributed by atoms with Gasteiger partial charge >= 0.3 is 5.69 Å². The molecule has 0 bridgehead atoms. The van der Waals surface area contributed by atoms with Crippen LogP contribution in [0.25, 0.3) is 0 Å². The fraction of sp³-hybridized carbons (Fsp3) is 0.538. The van der Waals surface area contributed by atoms with E-state index >= 15 is 0 Å². The first-order valence-electron chi connectivity index (χ1n) is 6.18. The van der Waals surface area contributed by atoms with Gasteiger partial charge in [0.1, 0.15) is 11.4 Å². The van der Waals surface area contributed by atoms with E-state index in [1.54, 1.807) is 18.2 Å². The molecule has 1 aromatic rings. The van der Waals surface area contributed by atoms with Crippen molar-refractivity contribution < 1.29 is 4.92 Å². The highest BCUT2D eigenvalue weighted by Gasteiger charge is 2.30. The molecule has 2 rings (SSSR count). The van der Waals surface area contributed by atoms with Crippen LogP contribution in [0.4, 0.5) is 17.1 Å². The molecule has 1 aliphatic rings. The molecule has 0 aliphatic carbocycles. The lowest BCUT2D eigenvalue weighted by Crippen LogP contribution is -2.40. The lowest BCUT2D eigenvalue weighted by molar-refractivity contribution is -0.383. The number of hydrogen-bond donors (Lipinski definition) is 1. The second-order valence-corrected chi connectivity index (χ2v) is 5.66. The van der Waals surface area contributed by atoms with Gasteiger partial charge in [-0.2, -0.15) is 0 Å². The average molecular weight is 249 g/mol. The number of nitro benzene ring substituents is 1. The smallest absolute Gasteiger partial charge is 0.315 e. The normalized spacial score (nSPS) is 18.7. The first-order valence-corrected chi connectivity index (χ1v) is 6.18. The zero-order chi connectivity index (χ0) is 13.3. The van der Waals surface area contributed by atoms with Crippen LogP contribution in [0.2, 0.25) is 0 Å². The summed E-state index contributed by atoms with van der Waals surface area (Å²) in [4.78, 5) is 12.8. The van der Waals surface area contributed by atoms with E-state index in [9.17, 15) is 10.1 Å². The van der Waals surface area contributed by atoms with Crippen LogP contribution in [0.5, 0.6) is 0 Å². The molecule has 2 N–H and O–H groups in total. The van der Waals surface area contributed by atoms with Crippen molar-refractivity contribution in [1.29, 1.82) is 0 Å². The maximum atomic E-state index is 11.1. The number of anilines is 2. The summed E-state index contributed by atoms with van der Waals surface area (Å²) < 4.78 is 0. The molecule has 0 saturated carbocycles. The Morgan fingerprint density at radius 3 is 2.78 bits per heavy atom. The Morgan fingerprint density at radius 2 is 2.17 bits per heavy atom. The highest BCUT2D eigenvalue weighted by Crippen LogP contribution is 2.38. The molecule has 0 aromatic heterocycles. The van der Waals surface area contributed by atoms with E-state index in [0.717, 1.165) is 25.9 Å². The van der Waals surface area contributed by atoms with Gasteiger partial charge in [0.25, 0.3) is 0 Å². The van der Waals surface area contributed by atoms with Crippen molar-refractivity contribution in [2.75, 3.05) is 23.7 Å². The van der Waals surface area contributed by atoms with Gasteiger partial charge in [-0.15, -0.1) is 0 Å². The third-order valence-corrected chi connectivity index (χ3v) is 3.47. The number of nitro groups is 1. The summed E-state index contributed by atoms with van der Waals surface area (Å²) in [6.07, 6.45) is 2.21. The van der Waals surface area contributed by atoms with Crippen LogP contribution in [0.15, 0.2) is 18.2 Å². The molecule has 5 heteroatoms. The van der Waals surface area contributed by atoms with Crippen molar-refractivity contribution in [3.8, 4) is 0 Å². The number of rotatable bonds is 2. The predicted molar refractivity (Wildman–Crippen MR) is 72.7 cm³/mol. The van der Waals surface area contributed by atoms with Crippen LogP contribution in [0, 0.1) is 15.5 Å². The van der Waals surface area contributed by atoms with Crippen LogP contribution in [-0.4, -0.2) is 18.0 Å². The van der Waals surface area contributed by atoms with Gasteiger partial charge in [0.05, 0.1) is 4.92 Å². The molecular weight excluding hydrogens is 230 g/mol. The molecule has 0 amide bonds. The molecule has 0 spiro atoms. The zero-order valence-electron chi connectivity index (χ0n) is 10.8. The van der Waals surface area contributed by atoms with Crippen molar-refractivity contribution in [3.63, 3.8) is 0 Å². The van der Waals surface area contributed by atoms with E-state index in [2.05, 4.69) is 18.7 Å². The maximum absolute atomic E-state index is 11.1. The first kappa shape index (κ1) is 12.7. The Labute approximate surface area is 107 Å². The molecule has 1 aliphatic heterocycles. The minimum absolute atomic E-state index is 0.0372. The summed E-state index contributed by atoms with van der Waals surface area (Å²) in [6.45, 7) is 6.07. The van der Waals surface area contributed by atoms with Gasteiger partial charge in [-0.1, -0.05) is 19.9 Å². The molecular formula is C13H19N3O2. The average Bonchev–Trinajstić information content (AvgIpc) is 2.26. The first-order chi connectivity index (χ1) is 8.41. The molecule has 98 valence electrons. The number of hydrogen-bond acceptors (Lipinski definition) is 4. The second kappa shape index (κ2) is 4.48. The van der Waals surface area contributed by atoms with E-state index in [4.69, 9.17) is 5.73 Å².